The standard InChI is InChI=1S/C11H12N2O4/c1-2-17-11(14)10(13(15)16)8-12-9-6-4-3-5-7-9/h3-8,12H,2H2,1H3. The molecule has 1 N–H and O–H groups in total. The predicted molar refractivity (Wildman–Crippen MR) is 61.8 cm³/mol. The van der Waals surface area contributed by atoms with Gasteiger partial charge in [-0.05, 0) is 19.1 Å². The number of carbonyl (C=O) groups excluding carboxylic acids is 1. The molecule has 1 aromatic rings. The van der Waals surface area contributed by atoms with Crippen molar-refractivity contribution >= 4 is 11.7 Å². The van der Waals surface area contributed by atoms with Crippen LogP contribution in [0.25, 0.3) is 0 Å². The van der Waals surface area contributed by atoms with Gasteiger partial charge in [0.05, 0.1) is 17.7 Å². The lowest BCUT2D eigenvalue weighted by Crippen LogP contribution is -2.16. The maximum absolute atomic E-state index is 11.2. The van der Waals surface area contributed by atoms with Crippen LogP contribution in [0.3, 0.4) is 0 Å². The van der Waals surface area contributed by atoms with E-state index in [9.17, 15) is 14.9 Å². The van der Waals surface area contributed by atoms with Gasteiger partial charge >= 0.3 is 11.7 Å². The van der Waals surface area contributed by atoms with Crippen molar-refractivity contribution in [3.05, 3.63) is 52.3 Å². The third-order valence-corrected chi connectivity index (χ3v) is 1.83. The van der Waals surface area contributed by atoms with Crippen molar-refractivity contribution in [2.24, 2.45) is 0 Å². The second-order valence-corrected chi connectivity index (χ2v) is 3.02. The second-order valence-electron chi connectivity index (χ2n) is 3.02. The van der Waals surface area contributed by atoms with Gasteiger partial charge in [-0.1, -0.05) is 18.2 Å². The maximum atomic E-state index is 11.2. The summed E-state index contributed by atoms with van der Waals surface area (Å²) in [6, 6.07) is 8.80. The summed E-state index contributed by atoms with van der Waals surface area (Å²) in [6.45, 7) is 1.68. The molecule has 6 heteroatoms. The van der Waals surface area contributed by atoms with Crippen molar-refractivity contribution in [1.82, 2.24) is 0 Å². The lowest BCUT2D eigenvalue weighted by Gasteiger charge is -2.01. The van der Waals surface area contributed by atoms with Crippen LogP contribution in [0, 0.1) is 10.1 Å². The molecule has 0 atom stereocenters. The van der Waals surface area contributed by atoms with Crippen molar-refractivity contribution in [3.63, 3.8) is 0 Å². The van der Waals surface area contributed by atoms with Crippen LogP contribution in [0.2, 0.25) is 0 Å². The van der Waals surface area contributed by atoms with E-state index in [4.69, 9.17) is 0 Å². The smallest absolute Gasteiger partial charge is 0.411 e. The summed E-state index contributed by atoms with van der Waals surface area (Å²) in [7, 11) is 0. The highest BCUT2D eigenvalue weighted by Crippen LogP contribution is 2.07. The molecule has 1 rings (SSSR count). The zero-order chi connectivity index (χ0) is 12.7. The zero-order valence-corrected chi connectivity index (χ0v) is 9.25. The number of hydrogen-bond acceptors (Lipinski definition) is 5. The number of nitro groups is 1. The summed E-state index contributed by atoms with van der Waals surface area (Å²) < 4.78 is 4.56. The summed E-state index contributed by atoms with van der Waals surface area (Å²) in [5.41, 5.74) is 0.0202. The highest BCUT2D eigenvalue weighted by molar-refractivity contribution is 5.86. The Hall–Kier alpha value is -2.37. The van der Waals surface area contributed by atoms with E-state index < -0.39 is 16.6 Å². The molecule has 0 spiro atoms. The van der Waals surface area contributed by atoms with Crippen LogP contribution in [0.1, 0.15) is 6.92 Å². The zero-order valence-electron chi connectivity index (χ0n) is 9.25. The molecule has 0 aromatic heterocycles. The van der Waals surface area contributed by atoms with Crippen LogP contribution < -0.4 is 5.32 Å². The topological polar surface area (TPSA) is 81.5 Å². The van der Waals surface area contributed by atoms with Crippen LogP contribution >= 0.6 is 0 Å². The third-order valence-electron chi connectivity index (χ3n) is 1.83. The number of nitrogens with zero attached hydrogens (tertiary/aromatic N) is 1. The molecule has 0 heterocycles. The highest BCUT2D eigenvalue weighted by Gasteiger charge is 2.22. The number of nitrogens with one attached hydrogen (secondary N) is 1. The minimum Gasteiger partial charge on any atom is -0.458 e. The average molecular weight is 236 g/mol. The quantitative estimate of drug-likeness (QED) is 0.364. The van der Waals surface area contributed by atoms with Gasteiger partial charge in [0.2, 0.25) is 0 Å². The fourth-order valence-corrected chi connectivity index (χ4v) is 1.08. The van der Waals surface area contributed by atoms with Crippen LogP contribution in [0.4, 0.5) is 5.69 Å². The van der Waals surface area contributed by atoms with Crippen molar-refractivity contribution in [2.45, 2.75) is 6.92 Å². The van der Waals surface area contributed by atoms with Gasteiger partial charge in [0.1, 0.15) is 0 Å². The summed E-state index contributed by atoms with van der Waals surface area (Å²) >= 11 is 0. The molecule has 0 amide bonds. The Morgan fingerprint density at radius 1 is 1.47 bits per heavy atom. The molecule has 0 bridgehead atoms. The van der Waals surface area contributed by atoms with E-state index in [0.717, 1.165) is 6.20 Å². The molecule has 0 aliphatic heterocycles. The molecule has 0 radical (unpaired) electrons. The molecular formula is C11H12N2O4. The molecule has 90 valence electrons. The first-order valence-electron chi connectivity index (χ1n) is 4.98. The number of carbonyl (C=O) groups is 1. The van der Waals surface area contributed by atoms with Crippen LogP contribution in [0.15, 0.2) is 42.2 Å². The minimum absolute atomic E-state index is 0.0926. The van der Waals surface area contributed by atoms with Crippen molar-refractivity contribution in [3.8, 4) is 0 Å². The Morgan fingerprint density at radius 2 is 2.12 bits per heavy atom. The fraction of sp³-hybridized carbons (Fsp3) is 0.182. The van der Waals surface area contributed by atoms with Gasteiger partial charge < -0.3 is 10.1 Å². The number of para-hydroxylation sites is 1. The summed E-state index contributed by atoms with van der Waals surface area (Å²) in [6.07, 6.45) is 1.02. The second kappa shape index (κ2) is 6.26. The number of benzene rings is 1. The summed E-state index contributed by atoms with van der Waals surface area (Å²) in [4.78, 5) is 21.1. The summed E-state index contributed by atoms with van der Waals surface area (Å²) in [5, 5.41) is 13.3. The molecule has 1 aromatic carbocycles. The van der Waals surface area contributed by atoms with Crippen molar-refractivity contribution in [2.75, 3.05) is 11.9 Å². The van der Waals surface area contributed by atoms with Crippen LogP contribution in [-0.2, 0) is 9.53 Å². The van der Waals surface area contributed by atoms with Gasteiger partial charge in [-0.3, -0.25) is 10.1 Å². The Balaban J connectivity index is 2.78. The van der Waals surface area contributed by atoms with Crippen molar-refractivity contribution < 1.29 is 14.5 Å². The first-order chi connectivity index (χ1) is 8.15. The molecule has 0 saturated heterocycles. The Labute approximate surface area is 98.0 Å². The SMILES string of the molecule is CCOC(=O)C(=CNc1ccccc1)[N+](=O)[O-]. The summed E-state index contributed by atoms with van der Waals surface area (Å²) in [5.74, 6) is -0.957. The van der Waals surface area contributed by atoms with Crippen LogP contribution in [0.5, 0.6) is 0 Å². The molecular weight excluding hydrogens is 224 g/mol. The first-order valence-corrected chi connectivity index (χ1v) is 4.98. The Bertz CT molecular complexity index is 428. The maximum Gasteiger partial charge on any atom is 0.411 e. The first kappa shape index (κ1) is 12.7. The number of hydrogen-bond donors (Lipinski definition) is 1. The van der Waals surface area contributed by atoms with Gasteiger partial charge in [0.25, 0.3) is 0 Å². The van der Waals surface area contributed by atoms with E-state index in [2.05, 4.69) is 10.1 Å². The van der Waals surface area contributed by atoms with E-state index in [0.29, 0.717) is 5.69 Å². The lowest BCUT2D eigenvalue weighted by molar-refractivity contribution is -0.421. The number of anilines is 1. The molecule has 0 aliphatic rings. The number of ether oxygens (including phenoxy) is 1. The average Bonchev–Trinajstić information content (AvgIpc) is 2.30. The number of esters is 1. The van der Waals surface area contributed by atoms with Gasteiger partial charge in [0.15, 0.2) is 0 Å². The van der Waals surface area contributed by atoms with Gasteiger partial charge in [-0.15, -0.1) is 0 Å². The van der Waals surface area contributed by atoms with E-state index in [-0.39, 0.29) is 6.61 Å². The van der Waals surface area contributed by atoms with Gasteiger partial charge in [-0.25, -0.2) is 4.79 Å². The molecule has 0 aliphatic carbocycles. The van der Waals surface area contributed by atoms with Crippen molar-refractivity contribution in [1.29, 1.82) is 0 Å². The Kier molecular flexibility index (Phi) is 4.68. The molecule has 0 unspecified atom stereocenters. The van der Waals surface area contributed by atoms with Gasteiger partial charge in [0, 0.05) is 5.69 Å². The van der Waals surface area contributed by atoms with E-state index in [1.54, 1.807) is 31.2 Å². The Morgan fingerprint density at radius 3 is 2.65 bits per heavy atom. The monoisotopic (exact) mass is 236 g/mol. The van der Waals surface area contributed by atoms with E-state index in [1.807, 2.05) is 6.07 Å². The van der Waals surface area contributed by atoms with E-state index >= 15 is 0 Å². The third kappa shape index (κ3) is 3.94. The minimum atomic E-state index is -0.957. The lowest BCUT2D eigenvalue weighted by atomic mass is 10.3. The number of rotatable bonds is 5. The molecule has 0 fully saturated rings. The normalized spacial score (nSPS) is 10.8. The molecule has 0 saturated carbocycles. The largest absolute Gasteiger partial charge is 0.458 e. The van der Waals surface area contributed by atoms with Crippen LogP contribution in [-0.4, -0.2) is 17.5 Å². The highest BCUT2D eigenvalue weighted by atomic mass is 16.6. The van der Waals surface area contributed by atoms with Gasteiger partial charge in [-0.2, -0.15) is 0 Å². The predicted octanol–water partition coefficient (Wildman–Crippen LogP) is 1.78. The van der Waals surface area contributed by atoms with E-state index in [1.165, 1.54) is 0 Å². The molecule has 6 nitrogen and oxygen atoms in total. The fourth-order valence-electron chi connectivity index (χ4n) is 1.08. The molecule has 17 heavy (non-hydrogen) atoms.